The first kappa shape index (κ1) is 13.0. The zero-order valence-corrected chi connectivity index (χ0v) is 10.1. The molecule has 1 aromatic carbocycles. The fraction of sp³-hybridized carbons (Fsp3) is 0.462. The van der Waals surface area contributed by atoms with Gasteiger partial charge in [-0.1, -0.05) is 6.07 Å². The molecule has 0 aromatic heterocycles. The Balaban J connectivity index is 2.02. The lowest BCUT2D eigenvalue weighted by molar-refractivity contribution is 0.0853. The van der Waals surface area contributed by atoms with E-state index in [1.165, 1.54) is 19.1 Å². The molecule has 1 amide bonds. The number of rotatable bonds is 3. The monoisotopic (exact) mass is 255 g/mol. The lowest BCUT2D eigenvalue weighted by Crippen LogP contribution is -2.32. The van der Waals surface area contributed by atoms with Gasteiger partial charge in [-0.3, -0.25) is 4.79 Å². The minimum Gasteiger partial charge on any atom is -0.376 e. The number of benzene rings is 1. The van der Waals surface area contributed by atoms with E-state index >= 15 is 0 Å². The summed E-state index contributed by atoms with van der Waals surface area (Å²) in [6, 6.07) is 2.68. The van der Waals surface area contributed by atoms with E-state index in [1.54, 1.807) is 0 Å². The quantitative estimate of drug-likeness (QED) is 0.899. The fourth-order valence-corrected chi connectivity index (χ4v) is 1.93. The highest BCUT2D eigenvalue weighted by Crippen LogP contribution is 2.16. The molecular weight excluding hydrogens is 240 g/mol. The lowest BCUT2D eigenvalue weighted by atomic mass is 10.1. The second-order valence-electron chi connectivity index (χ2n) is 4.40. The minimum absolute atomic E-state index is 0.0210. The van der Waals surface area contributed by atoms with Crippen LogP contribution in [-0.4, -0.2) is 25.2 Å². The highest BCUT2D eigenvalue weighted by Gasteiger charge is 2.20. The largest absolute Gasteiger partial charge is 0.376 e. The second-order valence-corrected chi connectivity index (χ2v) is 4.40. The van der Waals surface area contributed by atoms with Crippen molar-refractivity contribution in [2.75, 3.05) is 13.2 Å². The molecule has 3 nitrogen and oxygen atoms in total. The van der Waals surface area contributed by atoms with Crippen LogP contribution in [0.3, 0.4) is 0 Å². The topological polar surface area (TPSA) is 38.3 Å². The van der Waals surface area contributed by atoms with Crippen LogP contribution in [0.15, 0.2) is 12.1 Å². The van der Waals surface area contributed by atoms with Gasteiger partial charge in [0.25, 0.3) is 5.91 Å². The fourth-order valence-electron chi connectivity index (χ4n) is 1.93. The molecule has 1 atom stereocenters. The Morgan fingerprint density at radius 1 is 1.44 bits per heavy atom. The zero-order valence-electron chi connectivity index (χ0n) is 10.1. The molecule has 18 heavy (non-hydrogen) atoms. The van der Waals surface area contributed by atoms with Gasteiger partial charge in [0, 0.05) is 13.2 Å². The van der Waals surface area contributed by atoms with E-state index in [2.05, 4.69) is 5.32 Å². The van der Waals surface area contributed by atoms with Crippen LogP contribution in [0.2, 0.25) is 0 Å². The van der Waals surface area contributed by atoms with Gasteiger partial charge in [0.15, 0.2) is 11.6 Å². The number of hydrogen-bond donors (Lipinski definition) is 1. The Kier molecular flexibility index (Phi) is 3.91. The van der Waals surface area contributed by atoms with Crippen molar-refractivity contribution in [1.82, 2.24) is 5.32 Å². The first-order chi connectivity index (χ1) is 8.59. The maximum Gasteiger partial charge on any atom is 0.254 e. The van der Waals surface area contributed by atoms with Gasteiger partial charge in [-0.05, 0) is 31.4 Å². The smallest absolute Gasteiger partial charge is 0.254 e. The number of aryl methyl sites for hydroxylation is 1. The van der Waals surface area contributed by atoms with Crippen molar-refractivity contribution in [2.45, 2.75) is 25.9 Å². The van der Waals surface area contributed by atoms with Crippen molar-refractivity contribution >= 4 is 5.91 Å². The van der Waals surface area contributed by atoms with E-state index in [9.17, 15) is 13.6 Å². The van der Waals surface area contributed by atoms with Crippen LogP contribution in [0, 0.1) is 18.6 Å². The molecule has 1 N–H and O–H groups in total. The Hall–Kier alpha value is -1.49. The SMILES string of the molecule is Cc1ccc(C(=O)NC[C@H]2CCCO2)c(F)c1F. The van der Waals surface area contributed by atoms with Crippen molar-refractivity contribution in [3.8, 4) is 0 Å². The molecule has 0 spiro atoms. The third kappa shape index (κ3) is 2.67. The normalized spacial score (nSPS) is 18.9. The van der Waals surface area contributed by atoms with Crippen LogP contribution < -0.4 is 5.32 Å². The number of ether oxygens (including phenoxy) is 1. The molecule has 2 rings (SSSR count). The van der Waals surface area contributed by atoms with Gasteiger partial charge >= 0.3 is 0 Å². The first-order valence-electron chi connectivity index (χ1n) is 5.94. The van der Waals surface area contributed by atoms with Crippen LogP contribution in [0.4, 0.5) is 8.78 Å². The van der Waals surface area contributed by atoms with E-state index in [0.29, 0.717) is 13.2 Å². The molecule has 5 heteroatoms. The van der Waals surface area contributed by atoms with Crippen LogP contribution in [0.25, 0.3) is 0 Å². The molecule has 1 aliphatic heterocycles. The van der Waals surface area contributed by atoms with E-state index < -0.39 is 17.5 Å². The standard InChI is InChI=1S/C13H15F2NO2/c1-8-4-5-10(12(15)11(8)14)13(17)16-7-9-3-2-6-18-9/h4-5,9H,2-3,6-7H2,1H3,(H,16,17)/t9-/m1/s1. The highest BCUT2D eigenvalue weighted by molar-refractivity contribution is 5.94. The summed E-state index contributed by atoms with van der Waals surface area (Å²) in [6.45, 7) is 2.47. The van der Waals surface area contributed by atoms with Crippen molar-refractivity contribution in [3.63, 3.8) is 0 Å². The van der Waals surface area contributed by atoms with Gasteiger partial charge in [0.2, 0.25) is 0 Å². The number of carbonyl (C=O) groups is 1. The third-order valence-corrected chi connectivity index (χ3v) is 3.03. The molecule has 0 radical (unpaired) electrons. The lowest BCUT2D eigenvalue weighted by Gasteiger charge is -2.11. The van der Waals surface area contributed by atoms with Gasteiger partial charge in [-0.25, -0.2) is 8.78 Å². The van der Waals surface area contributed by atoms with Crippen LogP contribution in [0.5, 0.6) is 0 Å². The number of hydrogen-bond acceptors (Lipinski definition) is 2. The molecule has 0 unspecified atom stereocenters. The number of halogens is 2. The van der Waals surface area contributed by atoms with Crippen molar-refractivity contribution in [1.29, 1.82) is 0 Å². The average Bonchev–Trinajstić information content (AvgIpc) is 2.86. The molecule has 0 bridgehead atoms. The van der Waals surface area contributed by atoms with Crippen LogP contribution in [0.1, 0.15) is 28.8 Å². The molecule has 1 saturated heterocycles. The Labute approximate surface area is 104 Å². The molecule has 1 aromatic rings. The molecule has 0 saturated carbocycles. The van der Waals surface area contributed by atoms with Crippen molar-refractivity contribution < 1.29 is 18.3 Å². The summed E-state index contributed by atoms with van der Waals surface area (Å²) >= 11 is 0. The highest BCUT2D eigenvalue weighted by atomic mass is 19.2. The van der Waals surface area contributed by atoms with Gasteiger partial charge in [-0.2, -0.15) is 0 Å². The van der Waals surface area contributed by atoms with E-state index in [4.69, 9.17) is 4.74 Å². The molecule has 1 heterocycles. The van der Waals surface area contributed by atoms with Gasteiger partial charge in [0.05, 0.1) is 11.7 Å². The molecule has 98 valence electrons. The predicted molar refractivity (Wildman–Crippen MR) is 62.4 cm³/mol. The first-order valence-corrected chi connectivity index (χ1v) is 5.94. The van der Waals surface area contributed by atoms with Gasteiger partial charge in [0.1, 0.15) is 0 Å². The maximum absolute atomic E-state index is 13.5. The summed E-state index contributed by atoms with van der Waals surface area (Å²) in [5.41, 5.74) is -0.0840. The van der Waals surface area contributed by atoms with E-state index in [0.717, 1.165) is 12.8 Å². The number of carbonyl (C=O) groups excluding carboxylic acids is 1. The van der Waals surface area contributed by atoms with Crippen LogP contribution >= 0.6 is 0 Å². The minimum atomic E-state index is -1.10. The van der Waals surface area contributed by atoms with E-state index in [-0.39, 0.29) is 17.2 Å². The molecular formula is C13H15F2NO2. The second kappa shape index (κ2) is 5.44. The zero-order chi connectivity index (χ0) is 13.1. The Bertz CT molecular complexity index is 457. The molecule has 1 aliphatic rings. The third-order valence-electron chi connectivity index (χ3n) is 3.03. The summed E-state index contributed by atoms with van der Waals surface area (Å²) in [6.07, 6.45) is 1.83. The van der Waals surface area contributed by atoms with Crippen molar-refractivity contribution in [2.24, 2.45) is 0 Å². The summed E-state index contributed by atoms with van der Waals surface area (Å²) < 4.78 is 32.2. The summed E-state index contributed by atoms with van der Waals surface area (Å²) in [7, 11) is 0. The van der Waals surface area contributed by atoms with Crippen molar-refractivity contribution in [3.05, 3.63) is 34.9 Å². The molecule has 0 aliphatic carbocycles. The maximum atomic E-state index is 13.5. The summed E-state index contributed by atoms with van der Waals surface area (Å²) in [4.78, 5) is 11.7. The van der Waals surface area contributed by atoms with Gasteiger partial charge < -0.3 is 10.1 Å². The summed E-state index contributed by atoms with van der Waals surface area (Å²) in [5.74, 6) is -2.68. The van der Waals surface area contributed by atoms with E-state index in [1.807, 2.05) is 0 Å². The number of nitrogens with one attached hydrogen (secondary N) is 1. The molecule has 1 fully saturated rings. The van der Waals surface area contributed by atoms with Gasteiger partial charge in [-0.15, -0.1) is 0 Å². The Morgan fingerprint density at radius 2 is 2.22 bits per heavy atom. The predicted octanol–water partition coefficient (Wildman–Crippen LogP) is 2.18. The Morgan fingerprint density at radius 3 is 2.89 bits per heavy atom. The average molecular weight is 255 g/mol. The number of amides is 1. The summed E-state index contributed by atoms with van der Waals surface area (Å²) in [5, 5.41) is 2.56. The van der Waals surface area contributed by atoms with Crippen LogP contribution in [-0.2, 0) is 4.74 Å².